The van der Waals surface area contributed by atoms with Crippen molar-refractivity contribution in [3.63, 3.8) is 0 Å². The number of anilines is 1. The zero-order valence-corrected chi connectivity index (χ0v) is 11.1. The molecule has 7 nitrogen and oxygen atoms in total. The number of nitrogen functional groups attached to an aromatic ring is 1. The highest BCUT2D eigenvalue weighted by Gasteiger charge is 2.10. The van der Waals surface area contributed by atoms with Crippen molar-refractivity contribution in [2.24, 2.45) is 0 Å². The van der Waals surface area contributed by atoms with Gasteiger partial charge in [0.05, 0.1) is 17.6 Å². The summed E-state index contributed by atoms with van der Waals surface area (Å²) in [5.74, 6) is -0.275. The molecule has 0 saturated carbocycles. The second-order valence-corrected chi connectivity index (χ2v) is 4.55. The van der Waals surface area contributed by atoms with Gasteiger partial charge in [0, 0.05) is 12.7 Å². The second-order valence-electron chi connectivity index (χ2n) is 4.55. The van der Waals surface area contributed by atoms with E-state index in [2.05, 4.69) is 25.7 Å². The zero-order valence-electron chi connectivity index (χ0n) is 11.1. The minimum Gasteiger partial charge on any atom is -0.396 e. The summed E-state index contributed by atoms with van der Waals surface area (Å²) >= 11 is 0. The first kappa shape index (κ1) is 12.9. The largest absolute Gasteiger partial charge is 0.396 e. The molecule has 0 aliphatic heterocycles. The van der Waals surface area contributed by atoms with Gasteiger partial charge in [0.1, 0.15) is 5.69 Å². The van der Waals surface area contributed by atoms with Gasteiger partial charge < -0.3 is 11.1 Å². The molecule has 5 N–H and O–H groups in total. The predicted molar refractivity (Wildman–Crippen MR) is 78.2 cm³/mol. The molecule has 2 aromatic heterocycles. The minimum atomic E-state index is -0.275. The molecule has 106 valence electrons. The fourth-order valence-corrected chi connectivity index (χ4v) is 1.97. The van der Waals surface area contributed by atoms with E-state index in [1.807, 2.05) is 30.3 Å². The summed E-state index contributed by atoms with van der Waals surface area (Å²) in [5, 5.41) is 15.9. The van der Waals surface area contributed by atoms with Crippen molar-refractivity contribution < 1.29 is 4.79 Å². The topological polar surface area (TPSA) is 112 Å². The monoisotopic (exact) mass is 282 g/mol. The third kappa shape index (κ3) is 2.76. The van der Waals surface area contributed by atoms with Gasteiger partial charge in [0.2, 0.25) is 0 Å². The summed E-state index contributed by atoms with van der Waals surface area (Å²) in [5.41, 5.74) is 9.22. The van der Waals surface area contributed by atoms with Crippen LogP contribution in [0.15, 0.2) is 42.7 Å². The lowest BCUT2D eigenvalue weighted by Crippen LogP contribution is -2.24. The molecule has 0 aliphatic carbocycles. The van der Waals surface area contributed by atoms with Crippen LogP contribution in [0.3, 0.4) is 0 Å². The molecule has 1 aromatic carbocycles. The van der Waals surface area contributed by atoms with Crippen molar-refractivity contribution in [1.29, 1.82) is 0 Å². The average molecular weight is 282 g/mol. The third-order valence-corrected chi connectivity index (χ3v) is 3.11. The molecule has 0 spiro atoms. The number of carbonyl (C=O) groups excluding carboxylic acids is 1. The van der Waals surface area contributed by atoms with Gasteiger partial charge in [-0.1, -0.05) is 24.3 Å². The van der Waals surface area contributed by atoms with Crippen LogP contribution in [-0.2, 0) is 6.54 Å². The maximum Gasteiger partial charge on any atom is 0.271 e. The summed E-state index contributed by atoms with van der Waals surface area (Å²) in [6.45, 7) is 0.417. The van der Waals surface area contributed by atoms with Gasteiger partial charge in [-0.3, -0.25) is 15.0 Å². The normalized spacial score (nSPS) is 10.5. The zero-order chi connectivity index (χ0) is 14.7. The molecule has 21 heavy (non-hydrogen) atoms. The van der Waals surface area contributed by atoms with E-state index in [9.17, 15) is 4.79 Å². The van der Waals surface area contributed by atoms with Gasteiger partial charge in [0.15, 0.2) is 0 Å². The molecule has 0 atom stereocenters. The summed E-state index contributed by atoms with van der Waals surface area (Å²) in [4.78, 5) is 11.9. The molecule has 0 aliphatic rings. The molecule has 7 heteroatoms. The number of nitrogens with one attached hydrogen (secondary N) is 3. The second kappa shape index (κ2) is 5.49. The summed E-state index contributed by atoms with van der Waals surface area (Å²) in [6, 6.07) is 9.75. The number of rotatable bonds is 4. The Morgan fingerprint density at radius 3 is 2.57 bits per heavy atom. The fourth-order valence-electron chi connectivity index (χ4n) is 1.97. The van der Waals surface area contributed by atoms with E-state index in [1.54, 1.807) is 6.20 Å². The molecule has 0 unspecified atom stereocenters. The Kier molecular flexibility index (Phi) is 3.38. The van der Waals surface area contributed by atoms with Crippen LogP contribution in [0.2, 0.25) is 0 Å². The molecule has 0 saturated heterocycles. The molecule has 0 bridgehead atoms. The highest BCUT2D eigenvalue weighted by Crippen LogP contribution is 2.16. The number of nitrogens with two attached hydrogens (primary N) is 1. The van der Waals surface area contributed by atoms with E-state index >= 15 is 0 Å². The number of carbonyl (C=O) groups is 1. The van der Waals surface area contributed by atoms with E-state index in [4.69, 9.17) is 5.73 Å². The Morgan fingerprint density at radius 1 is 1.14 bits per heavy atom. The van der Waals surface area contributed by atoms with Crippen LogP contribution < -0.4 is 11.1 Å². The maximum atomic E-state index is 11.9. The minimum absolute atomic E-state index is 0.275. The molecule has 3 rings (SSSR count). The Bertz CT molecular complexity index is 729. The van der Waals surface area contributed by atoms with E-state index in [1.165, 1.54) is 6.20 Å². The number of nitrogens with zero attached hydrogens (tertiary/aromatic N) is 2. The lowest BCUT2D eigenvalue weighted by Gasteiger charge is -2.05. The van der Waals surface area contributed by atoms with Crippen LogP contribution in [0.25, 0.3) is 11.3 Å². The van der Waals surface area contributed by atoms with E-state index < -0.39 is 0 Å². The van der Waals surface area contributed by atoms with Crippen molar-refractivity contribution in [3.05, 3.63) is 54.0 Å². The Morgan fingerprint density at radius 2 is 1.95 bits per heavy atom. The summed E-state index contributed by atoms with van der Waals surface area (Å²) in [7, 11) is 0. The molecule has 0 radical (unpaired) electrons. The van der Waals surface area contributed by atoms with E-state index in [0.29, 0.717) is 12.2 Å². The number of aromatic amines is 2. The Labute approximate surface area is 120 Å². The first-order valence-electron chi connectivity index (χ1n) is 6.40. The van der Waals surface area contributed by atoms with Gasteiger partial charge in [-0.25, -0.2) is 0 Å². The molecular formula is C14H14N6O. The van der Waals surface area contributed by atoms with Gasteiger partial charge >= 0.3 is 0 Å². The van der Waals surface area contributed by atoms with E-state index in [0.717, 1.165) is 16.8 Å². The number of hydrogen-bond acceptors (Lipinski definition) is 4. The fraction of sp³-hybridized carbons (Fsp3) is 0.0714. The van der Waals surface area contributed by atoms with Crippen LogP contribution in [-0.4, -0.2) is 26.3 Å². The SMILES string of the molecule is Nc1cn[nH]c1C(=O)NCc1ccc(-c2ccn[nH]2)cc1. The van der Waals surface area contributed by atoms with Gasteiger partial charge in [-0.15, -0.1) is 0 Å². The first-order chi connectivity index (χ1) is 10.2. The van der Waals surface area contributed by atoms with Crippen LogP contribution in [0.5, 0.6) is 0 Å². The van der Waals surface area contributed by atoms with Gasteiger partial charge in [0.25, 0.3) is 5.91 Å². The smallest absolute Gasteiger partial charge is 0.271 e. The Balaban J connectivity index is 1.64. The van der Waals surface area contributed by atoms with E-state index in [-0.39, 0.29) is 11.6 Å². The molecular weight excluding hydrogens is 268 g/mol. The van der Waals surface area contributed by atoms with Gasteiger partial charge in [-0.05, 0) is 17.2 Å². The quantitative estimate of drug-likeness (QED) is 0.578. The number of amides is 1. The summed E-state index contributed by atoms with van der Waals surface area (Å²) < 4.78 is 0. The summed E-state index contributed by atoms with van der Waals surface area (Å²) in [6.07, 6.45) is 3.12. The van der Waals surface area contributed by atoms with Crippen molar-refractivity contribution in [3.8, 4) is 11.3 Å². The third-order valence-electron chi connectivity index (χ3n) is 3.11. The highest BCUT2D eigenvalue weighted by molar-refractivity contribution is 5.96. The van der Waals surface area contributed by atoms with Crippen LogP contribution in [0, 0.1) is 0 Å². The lowest BCUT2D eigenvalue weighted by molar-refractivity contribution is 0.0947. The molecule has 0 fully saturated rings. The predicted octanol–water partition coefficient (Wildman–Crippen LogP) is 1.31. The van der Waals surface area contributed by atoms with Crippen molar-refractivity contribution in [2.75, 3.05) is 5.73 Å². The molecule has 1 amide bonds. The lowest BCUT2D eigenvalue weighted by atomic mass is 10.1. The van der Waals surface area contributed by atoms with Crippen molar-refractivity contribution in [2.45, 2.75) is 6.54 Å². The number of aromatic nitrogens is 4. The number of H-pyrrole nitrogens is 2. The average Bonchev–Trinajstić information content (AvgIpc) is 3.16. The van der Waals surface area contributed by atoms with Crippen molar-refractivity contribution in [1.82, 2.24) is 25.7 Å². The molecule has 2 heterocycles. The standard InChI is InChI=1S/C14H14N6O/c15-11-8-18-20-13(11)14(21)16-7-9-1-3-10(4-2-9)12-5-6-17-19-12/h1-6,8H,7,15H2,(H,16,21)(H,17,19)(H,18,20). The van der Waals surface area contributed by atoms with Crippen LogP contribution in [0.1, 0.15) is 16.1 Å². The number of benzene rings is 1. The Hall–Kier alpha value is -3.09. The molecule has 3 aromatic rings. The van der Waals surface area contributed by atoms with Crippen LogP contribution >= 0.6 is 0 Å². The number of hydrogen-bond donors (Lipinski definition) is 4. The highest BCUT2D eigenvalue weighted by atomic mass is 16.1. The maximum absolute atomic E-state index is 11.9. The van der Waals surface area contributed by atoms with Gasteiger partial charge in [-0.2, -0.15) is 10.2 Å². The van der Waals surface area contributed by atoms with Crippen molar-refractivity contribution >= 4 is 11.6 Å². The van der Waals surface area contributed by atoms with Crippen LogP contribution in [0.4, 0.5) is 5.69 Å². The first-order valence-corrected chi connectivity index (χ1v) is 6.40.